The molecule has 1 aromatic heterocycles. The number of halogens is 1. The molecule has 5 heteroatoms. The summed E-state index contributed by atoms with van der Waals surface area (Å²) in [6.45, 7) is 2.69. The highest BCUT2D eigenvalue weighted by Gasteiger charge is 2.30. The maximum Gasteiger partial charge on any atom is 0.187 e. The quantitative estimate of drug-likeness (QED) is 0.758. The largest absolute Gasteiger partial charge is 0.378 e. The van der Waals surface area contributed by atoms with Gasteiger partial charge >= 0.3 is 0 Å². The van der Waals surface area contributed by atoms with Gasteiger partial charge in [-0.2, -0.15) is 0 Å². The summed E-state index contributed by atoms with van der Waals surface area (Å²) in [5.74, 6) is 0.537. The molecule has 3 rings (SSSR count). The zero-order chi connectivity index (χ0) is 11.0. The van der Waals surface area contributed by atoms with E-state index in [0.29, 0.717) is 43.7 Å². The highest BCUT2D eigenvalue weighted by molar-refractivity contribution is 5.42. The Morgan fingerprint density at radius 2 is 2.00 bits per heavy atom. The van der Waals surface area contributed by atoms with Crippen LogP contribution in [0.5, 0.6) is 0 Å². The van der Waals surface area contributed by atoms with Gasteiger partial charge in [-0.1, -0.05) is 0 Å². The van der Waals surface area contributed by atoms with Crippen LogP contribution in [0.2, 0.25) is 0 Å². The van der Waals surface area contributed by atoms with Crippen LogP contribution in [0.4, 0.5) is 10.2 Å². The number of ether oxygens (including phenoxy) is 1. The Labute approximate surface area is 93.5 Å². The molecule has 0 N–H and O–H groups in total. The van der Waals surface area contributed by atoms with Crippen LogP contribution in [-0.2, 0) is 4.74 Å². The van der Waals surface area contributed by atoms with Crippen LogP contribution in [0.15, 0.2) is 6.33 Å². The number of aromatic nitrogens is 2. The molecule has 4 nitrogen and oxygen atoms in total. The average molecular weight is 223 g/mol. The second kappa shape index (κ2) is 3.97. The van der Waals surface area contributed by atoms with Crippen LogP contribution in [0.25, 0.3) is 0 Å². The van der Waals surface area contributed by atoms with E-state index in [2.05, 4.69) is 9.97 Å². The summed E-state index contributed by atoms with van der Waals surface area (Å²) in [7, 11) is 0. The Hall–Kier alpha value is -1.23. The predicted molar refractivity (Wildman–Crippen MR) is 57.0 cm³/mol. The summed E-state index contributed by atoms with van der Waals surface area (Å²) in [5.41, 5.74) is 0.594. The first kappa shape index (κ1) is 9.96. The van der Waals surface area contributed by atoms with Crippen molar-refractivity contribution in [1.82, 2.24) is 9.97 Å². The van der Waals surface area contributed by atoms with E-state index < -0.39 is 0 Å². The molecular weight excluding hydrogens is 209 g/mol. The van der Waals surface area contributed by atoms with E-state index in [0.717, 1.165) is 12.8 Å². The van der Waals surface area contributed by atoms with Gasteiger partial charge in [0, 0.05) is 19.0 Å². The van der Waals surface area contributed by atoms with Crippen LogP contribution in [0.3, 0.4) is 0 Å². The molecule has 2 fully saturated rings. The van der Waals surface area contributed by atoms with Gasteiger partial charge in [0.15, 0.2) is 11.6 Å². The Kier molecular flexibility index (Phi) is 2.47. The zero-order valence-corrected chi connectivity index (χ0v) is 9.03. The lowest BCUT2D eigenvalue weighted by atomic mass is 10.2. The van der Waals surface area contributed by atoms with E-state index in [1.807, 2.05) is 4.90 Å². The van der Waals surface area contributed by atoms with Crippen molar-refractivity contribution in [2.45, 2.75) is 18.8 Å². The molecule has 0 bridgehead atoms. The van der Waals surface area contributed by atoms with Crippen LogP contribution in [0.1, 0.15) is 24.5 Å². The molecule has 0 spiro atoms. The lowest BCUT2D eigenvalue weighted by Crippen LogP contribution is -2.37. The van der Waals surface area contributed by atoms with Crippen LogP contribution in [-0.4, -0.2) is 36.3 Å². The van der Waals surface area contributed by atoms with Crippen molar-refractivity contribution >= 4 is 5.82 Å². The van der Waals surface area contributed by atoms with E-state index >= 15 is 0 Å². The third kappa shape index (κ3) is 1.75. The van der Waals surface area contributed by atoms with Gasteiger partial charge in [0.25, 0.3) is 0 Å². The van der Waals surface area contributed by atoms with Crippen LogP contribution in [0, 0.1) is 5.82 Å². The van der Waals surface area contributed by atoms with Gasteiger partial charge in [0.2, 0.25) is 0 Å². The van der Waals surface area contributed by atoms with Gasteiger partial charge in [-0.3, -0.25) is 0 Å². The number of hydrogen-bond acceptors (Lipinski definition) is 4. The third-order valence-corrected chi connectivity index (χ3v) is 3.07. The summed E-state index contributed by atoms with van der Waals surface area (Å²) in [6, 6.07) is 0. The summed E-state index contributed by atoms with van der Waals surface area (Å²) in [6.07, 6.45) is 3.58. The fourth-order valence-electron chi connectivity index (χ4n) is 2.01. The third-order valence-electron chi connectivity index (χ3n) is 3.07. The van der Waals surface area contributed by atoms with Gasteiger partial charge in [-0.25, -0.2) is 14.4 Å². The van der Waals surface area contributed by atoms with Crippen molar-refractivity contribution < 1.29 is 9.13 Å². The second-order valence-corrected chi connectivity index (χ2v) is 4.27. The van der Waals surface area contributed by atoms with Crippen molar-refractivity contribution in [2.24, 2.45) is 0 Å². The minimum atomic E-state index is -0.230. The molecule has 1 saturated carbocycles. The Morgan fingerprint density at radius 1 is 1.25 bits per heavy atom. The van der Waals surface area contributed by atoms with Gasteiger partial charge < -0.3 is 9.64 Å². The predicted octanol–water partition coefficient (Wildman–Crippen LogP) is 1.33. The number of hydrogen-bond donors (Lipinski definition) is 0. The molecule has 0 atom stereocenters. The molecule has 16 heavy (non-hydrogen) atoms. The molecule has 2 heterocycles. The number of anilines is 1. The standard InChI is InChI=1S/C11H14FN3O/c12-9-10(8-1-2-8)13-7-14-11(9)15-3-5-16-6-4-15/h7-8H,1-6H2. The van der Waals surface area contributed by atoms with Crippen molar-refractivity contribution in [3.8, 4) is 0 Å². The topological polar surface area (TPSA) is 38.2 Å². The van der Waals surface area contributed by atoms with Crippen LogP contribution < -0.4 is 4.90 Å². The van der Waals surface area contributed by atoms with E-state index in [-0.39, 0.29) is 5.82 Å². The Bertz CT molecular complexity index is 389. The zero-order valence-electron chi connectivity index (χ0n) is 9.03. The van der Waals surface area contributed by atoms with Gasteiger partial charge in [0.1, 0.15) is 6.33 Å². The highest BCUT2D eigenvalue weighted by atomic mass is 19.1. The molecule has 1 aliphatic carbocycles. The average Bonchev–Trinajstić information content (AvgIpc) is 3.15. The van der Waals surface area contributed by atoms with E-state index in [1.165, 1.54) is 6.33 Å². The summed E-state index contributed by atoms with van der Waals surface area (Å²) in [5, 5.41) is 0. The van der Waals surface area contributed by atoms with Gasteiger partial charge in [-0.15, -0.1) is 0 Å². The molecular formula is C11H14FN3O. The monoisotopic (exact) mass is 223 g/mol. The van der Waals surface area contributed by atoms with Gasteiger partial charge in [0.05, 0.1) is 18.9 Å². The van der Waals surface area contributed by atoms with Gasteiger partial charge in [-0.05, 0) is 12.8 Å². The van der Waals surface area contributed by atoms with Crippen molar-refractivity contribution in [2.75, 3.05) is 31.2 Å². The maximum atomic E-state index is 14.1. The van der Waals surface area contributed by atoms with E-state index in [4.69, 9.17) is 4.74 Å². The molecule has 1 aliphatic heterocycles. The first-order valence-corrected chi connectivity index (χ1v) is 5.69. The molecule has 0 radical (unpaired) electrons. The van der Waals surface area contributed by atoms with E-state index in [1.54, 1.807) is 0 Å². The summed E-state index contributed by atoms with van der Waals surface area (Å²) in [4.78, 5) is 10.0. The Morgan fingerprint density at radius 3 is 2.69 bits per heavy atom. The maximum absolute atomic E-state index is 14.1. The Balaban J connectivity index is 1.90. The minimum absolute atomic E-state index is 0.230. The minimum Gasteiger partial charge on any atom is -0.378 e. The van der Waals surface area contributed by atoms with Crippen molar-refractivity contribution in [3.63, 3.8) is 0 Å². The smallest absolute Gasteiger partial charge is 0.187 e. The highest BCUT2D eigenvalue weighted by Crippen LogP contribution is 2.41. The molecule has 0 amide bonds. The number of nitrogens with zero attached hydrogens (tertiary/aromatic N) is 3. The molecule has 0 aromatic carbocycles. The summed E-state index contributed by atoms with van der Waals surface area (Å²) < 4.78 is 19.4. The first-order chi connectivity index (χ1) is 7.86. The normalized spacial score (nSPS) is 21.2. The van der Waals surface area contributed by atoms with E-state index in [9.17, 15) is 4.39 Å². The van der Waals surface area contributed by atoms with Crippen LogP contribution >= 0.6 is 0 Å². The lowest BCUT2D eigenvalue weighted by molar-refractivity contribution is 0.122. The molecule has 2 aliphatic rings. The SMILES string of the molecule is Fc1c(C2CC2)ncnc1N1CCOCC1. The summed E-state index contributed by atoms with van der Waals surface area (Å²) >= 11 is 0. The molecule has 1 saturated heterocycles. The lowest BCUT2D eigenvalue weighted by Gasteiger charge is -2.28. The number of morpholine rings is 1. The second-order valence-electron chi connectivity index (χ2n) is 4.27. The fraction of sp³-hybridized carbons (Fsp3) is 0.636. The van der Waals surface area contributed by atoms with Crippen molar-refractivity contribution in [1.29, 1.82) is 0 Å². The van der Waals surface area contributed by atoms with Crippen molar-refractivity contribution in [3.05, 3.63) is 17.8 Å². The fourth-order valence-corrected chi connectivity index (χ4v) is 2.01. The molecule has 0 unspecified atom stereocenters. The first-order valence-electron chi connectivity index (χ1n) is 5.69. The molecule has 1 aromatic rings. The number of rotatable bonds is 2. The molecule has 86 valence electrons.